The van der Waals surface area contributed by atoms with Gasteiger partial charge in [0.1, 0.15) is 0 Å². The third-order valence-electron chi connectivity index (χ3n) is 2.48. The molecule has 0 bridgehead atoms. The first-order valence-electron chi connectivity index (χ1n) is 5.59. The van der Waals surface area contributed by atoms with Gasteiger partial charge in [0.25, 0.3) is 0 Å². The summed E-state index contributed by atoms with van der Waals surface area (Å²) in [6.45, 7) is 3.78. The molecule has 0 aromatic carbocycles. The minimum atomic E-state index is -0.0635. The van der Waals surface area contributed by atoms with Crippen molar-refractivity contribution in [2.24, 2.45) is 11.7 Å². The van der Waals surface area contributed by atoms with Crippen molar-refractivity contribution < 1.29 is 4.79 Å². The van der Waals surface area contributed by atoms with Gasteiger partial charge in [-0.2, -0.15) is 0 Å². The van der Waals surface area contributed by atoms with Gasteiger partial charge in [-0.05, 0) is 12.8 Å². The van der Waals surface area contributed by atoms with Gasteiger partial charge in [-0.1, -0.05) is 12.1 Å². The highest BCUT2D eigenvalue weighted by molar-refractivity contribution is 5.78. The smallest absolute Gasteiger partial charge is 0.224 e. The Labute approximate surface area is 95.2 Å². The standard InChI is InChI=1S/C10H19N5O/c1-2-9(8-11)10(16)12-4-3-6-15-7-5-13-14-15/h5,7,9H,2-4,6,8,11H2,1H3,(H,12,16). The van der Waals surface area contributed by atoms with Gasteiger partial charge in [-0.3, -0.25) is 9.48 Å². The molecule has 0 aliphatic heterocycles. The first kappa shape index (κ1) is 12.6. The van der Waals surface area contributed by atoms with E-state index in [9.17, 15) is 4.79 Å². The molecule has 1 atom stereocenters. The van der Waals surface area contributed by atoms with Gasteiger partial charge in [-0.15, -0.1) is 5.10 Å². The van der Waals surface area contributed by atoms with Crippen LogP contribution in [0.1, 0.15) is 19.8 Å². The summed E-state index contributed by atoms with van der Waals surface area (Å²) in [6.07, 6.45) is 5.07. The van der Waals surface area contributed by atoms with E-state index in [1.54, 1.807) is 17.1 Å². The monoisotopic (exact) mass is 225 g/mol. The van der Waals surface area contributed by atoms with Crippen molar-refractivity contribution in [3.8, 4) is 0 Å². The molecule has 1 aromatic rings. The molecule has 1 unspecified atom stereocenters. The molecule has 6 heteroatoms. The summed E-state index contributed by atoms with van der Waals surface area (Å²) in [5.74, 6) is -0.0186. The zero-order valence-corrected chi connectivity index (χ0v) is 9.59. The molecule has 3 N–H and O–H groups in total. The highest BCUT2D eigenvalue weighted by Gasteiger charge is 2.12. The SMILES string of the molecule is CCC(CN)C(=O)NCCCn1ccnn1. The molecule has 0 saturated heterocycles. The lowest BCUT2D eigenvalue weighted by Gasteiger charge is -2.12. The van der Waals surface area contributed by atoms with Crippen LogP contribution in [0.3, 0.4) is 0 Å². The summed E-state index contributed by atoms with van der Waals surface area (Å²) in [7, 11) is 0. The van der Waals surface area contributed by atoms with Crippen LogP contribution in [-0.2, 0) is 11.3 Å². The van der Waals surface area contributed by atoms with Gasteiger partial charge in [0.2, 0.25) is 5.91 Å². The summed E-state index contributed by atoms with van der Waals surface area (Å²) >= 11 is 0. The van der Waals surface area contributed by atoms with E-state index >= 15 is 0 Å². The first-order valence-corrected chi connectivity index (χ1v) is 5.59. The van der Waals surface area contributed by atoms with E-state index < -0.39 is 0 Å². The second-order valence-corrected chi connectivity index (χ2v) is 3.65. The Morgan fingerprint density at radius 3 is 3.00 bits per heavy atom. The normalized spacial score (nSPS) is 12.4. The van der Waals surface area contributed by atoms with E-state index in [4.69, 9.17) is 5.73 Å². The number of nitrogens with zero attached hydrogens (tertiary/aromatic N) is 3. The number of aryl methyl sites for hydroxylation is 1. The van der Waals surface area contributed by atoms with Crippen LogP contribution in [0.5, 0.6) is 0 Å². The highest BCUT2D eigenvalue weighted by Crippen LogP contribution is 1.99. The molecule has 90 valence electrons. The van der Waals surface area contributed by atoms with Crippen molar-refractivity contribution in [2.75, 3.05) is 13.1 Å². The summed E-state index contributed by atoms with van der Waals surface area (Å²) in [4.78, 5) is 11.5. The fraction of sp³-hybridized carbons (Fsp3) is 0.700. The van der Waals surface area contributed by atoms with Crippen molar-refractivity contribution >= 4 is 5.91 Å². The molecule has 1 heterocycles. The number of carbonyl (C=O) groups excluding carboxylic acids is 1. The Morgan fingerprint density at radius 1 is 1.62 bits per heavy atom. The minimum Gasteiger partial charge on any atom is -0.356 e. The summed E-state index contributed by atoms with van der Waals surface area (Å²) < 4.78 is 1.74. The number of nitrogens with one attached hydrogen (secondary N) is 1. The maximum Gasteiger partial charge on any atom is 0.224 e. The van der Waals surface area contributed by atoms with E-state index in [2.05, 4.69) is 15.6 Å². The van der Waals surface area contributed by atoms with Crippen LogP contribution < -0.4 is 11.1 Å². The van der Waals surface area contributed by atoms with E-state index in [0.717, 1.165) is 19.4 Å². The second kappa shape index (κ2) is 6.95. The van der Waals surface area contributed by atoms with Crippen molar-refractivity contribution in [1.82, 2.24) is 20.3 Å². The maximum atomic E-state index is 11.5. The number of amides is 1. The fourth-order valence-corrected chi connectivity index (χ4v) is 1.41. The van der Waals surface area contributed by atoms with Crippen molar-refractivity contribution in [2.45, 2.75) is 26.3 Å². The molecule has 1 aromatic heterocycles. The largest absolute Gasteiger partial charge is 0.356 e. The molecule has 1 amide bonds. The highest BCUT2D eigenvalue weighted by atomic mass is 16.1. The lowest BCUT2D eigenvalue weighted by Crippen LogP contribution is -2.35. The average Bonchev–Trinajstić information content (AvgIpc) is 2.79. The Balaban J connectivity index is 2.13. The number of hydrogen-bond donors (Lipinski definition) is 2. The minimum absolute atomic E-state index is 0.0450. The Kier molecular flexibility index (Phi) is 5.49. The lowest BCUT2D eigenvalue weighted by molar-refractivity contribution is -0.124. The molecule has 16 heavy (non-hydrogen) atoms. The van der Waals surface area contributed by atoms with Crippen LogP contribution in [0.4, 0.5) is 0 Å². The fourth-order valence-electron chi connectivity index (χ4n) is 1.41. The molecule has 0 radical (unpaired) electrons. The predicted octanol–water partition coefficient (Wildman–Crippen LogP) is -0.231. The molecule has 0 fully saturated rings. The summed E-state index contributed by atoms with van der Waals surface area (Å²) in [5.41, 5.74) is 5.48. The van der Waals surface area contributed by atoms with Gasteiger partial charge >= 0.3 is 0 Å². The van der Waals surface area contributed by atoms with Crippen LogP contribution in [0.2, 0.25) is 0 Å². The van der Waals surface area contributed by atoms with Crippen molar-refractivity contribution in [3.63, 3.8) is 0 Å². The van der Waals surface area contributed by atoms with Crippen LogP contribution >= 0.6 is 0 Å². The van der Waals surface area contributed by atoms with E-state index in [1.807, 2.05) is 6.92 Å². The average molecular weight is 225 g/mol. The molecular weight excluding hydrogens is 206 g/mol. The quantitative estimate of drug-likeness (QED) is 0.628. The van der Waals surface area contributed by atoms with E-state index in [1.165, 1.54) is 0 Å². The Bertz CT molecular complexity index is 294. The van der Waals surface area contributed by atoms with Crippen molar-refractivity contribution in [3.05, 3.63) is 12.4 Å². The van der Waals surface area contributed by atoms with Gasteiger partial charge < -0.3 is 11.1 Å². The molecular formula is C10H19N5O. The van der Waals surface area contributed by atoms with Crippen molar-refractivity contribution in [1.29, 1.82) is 0 Å². The van der Waals surface area contributed by atoms with Crippen LogP contribution in [-0.4, -0.2) is 34.0 Å². The van der Waals surface area contributed by atoms with Crippen LogP contribution in [0, 0.1) is 5.92 Å². The first-order chi connectivity index (χ1) is 7.77. The Hall–Kier alpha value is -1.43. The van der Waals surface area contributed by atoms with Crippen LogP contribution in [0.25, 0.3) is 0 Å². The maximum absolute atomic E-state index is 11.5. The molecule has 0 aliphatic rings. The molecule has 0 aliphatic carbocycles. The number of nitrogens with two attached hydrogens (primary N) is 1. The zero-order valence-electron chi connectivity index (χ0n) is 9.59. The molecule has 6 nitrogen and oxygen atoms in total. The third kappa shape index (κ3) is 3.98. The van der Waals surface area contributed by atoms with Gasteiger partial charge in [-0.25, -0.2) is 0 Å². The third-order valence-corrected chi connectivity index (χ3v) is 2.48. The van der Waals surface area contributed by atoms with Gasteiger partial charge in [0.05, 0.1) is 6.20 Å². The number of aromatic nitrogens is 3. The van der Waals surface area contributed by atoms with Gasteiger partial charge in [0, 0.05) is 31.7 Å². The lowest BCUT2D eigenvalue weighted by atomic mass is 10.1. The Morgan fingerprint density at radius 2 is 2.44 bits per heavy atom. The molecule has 1 rings (SSSR count). The number of hydrogen-bond acceptors (Lipinski definition) is 4. The van der Waals surface area contributed by atoms with E-state index in [-0.39, 0.29) is 11.8 Å². The molecule has 0 saturated carbocycles. The summed E-state index contributed by atoms with van der Waals surface area (Å²) in [6, 6.07) is 0. The number of rotatable bonds is 7. The van der Waals surface area contributed by atoms with Crippen LogP contribution in [0.15, 0.2) is 12.4 Å². The summed E-state index contributed by atoms with van der Waals surface area (Å²) in [5, 5.41) is 10.4. The number of carbonyl (C=O) groups is 1. The topological polar surface area (TPSA) is 85.8 Å². The molecule has 0 spiro atoms. The van der Waals surface area contributed by atoms with Gasteiger partial charge in [0.15, 0.2) is 0 Å². The van der Waals surface area contributed by atoms with E-state index in [0.29, 0.717) is 13.1 Å². The predicted molar refractivity (Wildman–Crippen MR) is 60.5 cm³/mol. The zero-order chi connectivity index (χ0) is 11.8. The second-order valence-electron chi connectivity index (χ2n) is 3.65.